The predicted molar refractivity (Wildman–Crippen MR) is 60.7 cm³/mol. The number of nitrogens with zero attached hydrogens (tertiary/aromatic N) is 2. The first-order valence-electron chi connectivity index (χ1n) is 4.58. The number of rotatable bonds is 5. The quantitative estimate of drug-likeness (QED) is 0.433. The molecular weight excluding hydrogens is 218 g/mol. The second-order valence-corrected chi connectivity index (χ2v) is 3.35. The summed E-state index contributed by atoms with van der Waals surface area (Å²) in [5, 5.41) is 11.7. The number of nitrogen functional groups attached to an aromatic ring is 2. The Labute approximate surface area is 92.7 Å². The zero-order valence-electron chi connectivity index (χ0n) is 8.20. The molecule has 0 bridgehead atoms. The molecular formula is C8H14ClN5O. The number of aliphatic hydroxyl groups is 1. The SMILES string of the molecule is Nc1nc(Cl)c(N)c(NCCCCO)n1. The van der Waals surface area contributed by atoms with Crippen LogP contribution in [0.4, 0.5) is 17.5 Å². The maximum Gasteiger partial charge on any atom is 0.223 e. The molecule has 84 valence electrons. The fraction of sp³-hybridized carbons (Fsp3) is 0.500. The van der Waals surface area contributed by atoms with Crippen LogP contribution in [0.5, 0.6) is 0 Å². The zero-order valence-corrected chi connectivity index (χ0v) is 8.96. The molecule has 0 unspecified atom stereocenters. The number of anilines is 3. The number of aromatic nitrogens is 2. The van der Waals surface area contributed by atoms with Crippen LogP contribution >= 0.6 is 11.6 Å². The van der Waals surface area contributed by atoms with Gasteiger partial charge in [0.1, 0.15) is 5.69 Å². The van der Waals surface area contributed by atoms with Crippen molar-refractivity contribution in [1.29, 1.82) is 0 Å². The summed E-state index contributed by atoms with van der Waals surface area (Å²) < 4.78 is 0. The number of hydrogen-bond donors (Lipinski definition) is 4. The molecule has 0 aliphatic heterocycles. The fourth-order valence-corrected chi connectivity index (χ4v) is 1.21. The number of halogens is 1. The van der Waals surface area contributed by atoms with Gasteiger partial charge < -0.3 is 21.9 Å². The van der Waals surface area contributed by atoms with E-state index in [1.165, 1.54) is 0 Å². The summed E-state index contributed by atoms with van der Waals surface area (Å²) in [6.45, 7) is 0.821. The Balaban J connectivity index is 2.60. The van der Waals surface area contributed by atoms with Crippen LogP contribution in [0.15, 0.2) is 0 Å². The van der Waals surface area contributed by atoms with E-state index in [-0.39, 0.29) is 23.4 Å². The van der Waals surface area contributed by atoms with E-state index in [0.717, 1.165) is 12.8 Å². The molecule has 1 rings (SSSR count). The molecule has 6 N–H and O–H groups in total. The maximum atomic E-state index is 8.59. The van der Waals surface area contributed by atoms with Crippen LogP contribution in [0.25, 0.3) is 0 Å². The third-order valence-corrected chi connectivity index (χ3v) is 2.08. The summed E-state index contributed by atoms with van der Waals surface area (Å²) in [5.41, 5.74) is 11.3. The van der Waals surface area contributed by atoms with Crippen molar-refractivity contribution in [2.75, 3.05) is 29.9 Å². The average molecular weight is 232 g/mol. The highest BCUT2D eigenvalue weighted by Crippen LogP contribution is 2.24. The van der Waals surface area contributed by atoms with Crippen molar-refractivity contribution in [3.63, 3.8) is 0 Å². The first-order chi connectivity index (χ1) is 7.15. The van der Waals surface area contributed by atoms with Crippen molar-refractivity contribution in [3.05, 3.63) is 5.15 Å². The molecule has 0 aromatic carbocycles. The Bertz CT molecular complexity index is 333. The van der Waals surface area contributed by atoms with E-state index in [1.807, 2.05) is 0 Å². The molecule has 7 heteroatoms. The van der Waals surface area contributed by atoms with E-state index >= 15 is 0 Å². The number of nitrogens with two attached hydrogens (primary N) is 2. The van der Waals surface area contributed by atoms with E-state index in [0.29, 0.717) is 12.4 Å². The molecule has 0 amide bonds. The van der Waals surface area contributed by atoms with Gasteiger partial charge in [-0.1, -0.05) is 11.6 Å². The second-order valence-electron chi connectivity index (χ2n) is 2.99. The minimum Gasteiger partial charge on any atom is -0.396 e. The van der Waals surface area contributed by atoms with Gasteiger partial charge in [0.15, 0.2) is 11.0 Å². The number of nitrogens with one attached hydrogen (secondary N) is 1. The van der Waals surface area contributed by atoms with Gasteiger partial charge in [-0.15, -0.1) is 0 Å². The van der Waals surface area contributed by atoms with Crippen LogP contribution in [0.2, 0.25) is 5.15 Å². The maximum absolute atomic E-state index is 8.59. The molecule has 1 heterocycles. The first kappa shape index (κ1) is 11.8. The zero-order chi connectivity index (χ0) is 11.3. The minimum atomic E-state index is 0.0823. The molecule has 0 saturated heterocycles. The van der Waals surface area contributed by atoms with Crippen molar-refractivity contribution < 1.29 is 5.11 Å². The fourth-order valence-electron chi connectivity index (χ4n) is 1.04. The molecule has 0 spiro atoms. The normalized spacial score (nSPS) is 10.3. The first-order valence-corrected chi connectivity index (χ1v) is 4.96. The lowest BCUT2D eigenvalue weighted by atomic mass is 10.3. The minimum absolute atomic E-state index is 0.0823. The third kappa shape index (κ3) is 3.41. The van der Waals surface area contributed by atoms with E-state index in [9.17, 15) is 0 Å². The lowest BCUT2D eigenvalue weighted by Crippen LogP contribution is -2.09. The Kier molecular flexibility index (Phi) is 4.38. The van der Waals surface area contributed by atoms with Gasteiger partial charge in [0.25, 0.3) is 0 Å². The van der Waals surface area contributed by atoms with E-state index in [2.05, 4.69) is 15.3 Å². The second kappa shape index (κ2) is 5.57. The van der Waals surface area contributed by atoms with Crippen LogP contribution in [0, 0.1) is 0 Å². The Morgan fingerprint density at radius 1 is 1.27 bits per heavy atom. The molecule has 0 atom stereocenters. The van der Waals surface area contributed by atoms with Crippen molar-refractivity contribution in [3.8, 4) is 0 Å². The molecule has 1 aromatic heterocycles. The van der Waals surface area contributed by atoms with Gasteiger partial charge in [-0.25, -0.2) is 0 Å². The molecule has 0 radical (unpaired) electrons. The van der Waals surface area contributed by atoms with Gasteiger partial charge >= 0.3 is 0 Å². The van der Waals surface area contributed by atoms with Crippen LogP contribution in [0.1, 0.15) is 12.8 Å². The summed E-state index contributed by atoms with van der Waals surface area (Å²) >= 11 is 5.72. The standard InChI is InChI=1S/C8H14ClN5O/c9-6-5(10)7(14-8(11)13-6)12-3-1-2-4-15/h15H,1-4,10H2,(H3,11,12,13,14). The summed E-state index contributed by atoms with van der Waals surface area (Å²) in [7, 11) is 0. The summed E-state index contributed by atoms with van der Waals surface area (Å²) in [6, 6.07) is 0. The molecule has 0 fully saturated rings. The Morgan fingerprint density at radius 2 is 2.00 bits per heavy atom. The summed E-state index contributed by atoms with van der Waals surface area (Å²) in [5.74, 6) is 0.518. The number of unbranched alkanes of at least 4 members (excludes halogenated alkanes) is 1. The third-order valence-electron chi connectivity index (χ3n) is 1.79. The molecule has 15 heavy (non-hydrogen) atoms. The largest absolute Gasteiger partial charge is 0.396 e. The van der Waals surface area contributed by atoms with Gasteiger partial charge in [-0.3, -0.25) is 0 Å². The van der Waals surface area contributed by atoms with Crippen LogP contribution in [0.3, 0.4) is 0 Å². The molecule has 0 aliphatic rings. The van der Waals surface area contributed by atoms with Crippen LogP contribution in [-0.4, -0.2) is 28.2 Å². The smallest absolute Gasteiger partial charge is 0.223 e. The van der Waals surface area contributed by atoms with Gasteiger partial charge in [0, 0.05) is 13.2 Å². The van der Waals surface area contributed by atoms with Crippen LogP contribution in [-0.2, 0) is 0 Å². The van der Waals surface area contributed by atoms with Crippen molar-refractivity contribution in [1.82, 2.24) is 9.97 Å². The average Bonchev–Trinajstić information content (AvgIpc) is 2.19. The summed E-state index contributed by atoms with van der Waals surface area (Å²) in [6.07, 6.45) is 1.54. The van der Waals surface area contributed by atoms with Crippen molar-refractivity contribution >= 4 is 29.1 Å². The molecule has 0 saturated carbocycles. The molecule has 1 aromatic rings. The van der Waals surface area contributed by atoms with Gasteiger partial charge in [0.05, 0.1) is 0 Å². The number of hydrogen-bond acceptors (Lipinski definition) is 6. The molecule has 6 nitrogen and oxygen atoms in total. The Morgan fingerprint density at radius 3 is 2.67 bits per heavy atom. The van der Waals surface area contributed by atoms with Crippen molar-refractivity contribution in [2.24, 2.45) is 0 Å². The highest BCUT2D eigenvalue weighted by molar-refractivity contribution is 6.32. The summed E-state index contributed by atoms with van der Waals surface area (Å²) in [4.78, 5) is 7.62. The molecule has 0 aliphatic carbocycles. The van der Waals surface area contributed by atoms with Crippen molar-refractivity contribution in [2.45, 2.75) is 12.8 Å². The lowest BCUT2D eigenvalue weighted by molar-refractivity contribution is 0.286. The highest BCUT2D eigenvalue weighted by atomic mass is 35.5. The highest BCUT2D eigenvalue weighted by Gasteiger charge is 2.07. The van der Waals surface area contributed by atoms with E-state index < -0.39 is 0 Å². The van der Waals surface area contributed by atoms with Crippen LogP contribution < -0.4 is 16.8 Å². The monoisotopic (exact) mass is 231 g/mol. The predicted octanol–water partition coefficient (Wildman–Crippen LogP) is 0.479. The van der Waals surface area contributed by atoms with Gasteiger partial charge in [0.2, 0.25) is 5.95 Å². The van der Waals surface area contributed by atoms with E-state index in [1.54, 1.807) is 0 Å². The van der Waals surface area contributed by atoms with E-state index in [4.69, 9.17) is 28.2 Å². The van der Waals surface area contributed by atoms with Gasteiger partial charge in [-0.2, -0.15) is 9.97 Å². The number of aliphatic hydroxyl groups excluding tert-OH is 1. The Hall–Kier alpha value is -1.27. The topological polar surface area (TPSA) is 110 Å². The van der Waals surface area contributed by atoms with Gasteiger partial charge in [-0.05, 0) is 12.8 Å². The lowest BCUT2D eigenvalue weighted by Gasteiger charge is -2.08.